The van der Waals surface area contributed by atoms with Gasteiger partial charge in [-0.05, 0) is 18.2 Å². The van der Waals surface area contributed by atoms with E-state index in [0.717, 1.165) is 11.8 Å². The summed E-state index contributed by atoms with van der Waals surface area (Å²) < 4.78 is 21.0. The topological polar surface area (TPSA) is 64.4 Å². The quantitative estimate of drug-likeness (QED) is 0.859. The summed E-state index contributed by atoms with van der Waals surface area (Å²) in [7, 11) is 0. The zero-order valence-electron chi connectivity index (χ0n) is 12.3. The number of anilines is 1. The maximum atomic E-state index is 14.3. The molecule has 6 nitrogen and oxygen atoms in total. The highest BCUT2D eigenvalue weighted by molar-refractivity contribution is 8.13. The lowest BCUT2D eigenvalue weighted by Gasteiger charge is -2.14. The molecule has 1 fully saturated rings. The predicted octanol–water partition coefficient (Wildman–Crippen LogP) is 2.62. The summed E-state index contributed by atoms with van der Waals surface area (Å²) in [5, 5.41) is -0.0322. The molecular formula is C15H14FN3O3S. The second kappa shape index (κ2) is 6.41. The summed E-state index contributed by atoms with van der Waals surface area (Å²) in [5.74, 6) is -0.0671. The van der Waals surface area contributed by atoms with Crippen molar-refractivity contribution >= 4 is 28.7 Å². The number of hydrogen-bond acceptors (Lipinski definition) is 5. The SMILES string of the molecule is CC(=O)SC[C@H]1CN(c2ccc(-n3ccnc3)c(F)c2)C(=O)O1. The van der Waals surface area contributed by atoms with Gasteiger partial charge in [0.25, 0.3) is 0 Å². The molecule has 3 rings (SSSR count). The van der Waals surface area contributed by atoms with Crippen molar-refractivity contribution in [1.82, 2.24) is 9.55 Å². The molecule has 23 heavy (non-hydrogen) atoms. The van der Waals surface area contributed by atoms with Gasteiger partial charge in [0.2, 0.25) is 0 Å². The number of rotatable bonds is 4. The molecule has 0 spiro atoms. The van der Waals surface area contributed by atoms with Gasteiger partial charge in [0.15, 0.2) is 5.12 Å². The van der Waals surface area contributed by atoms with Crippen molar-refractivity contribution in [3.8, 4) is 5.69 Å². The first kappa shape index (κ1) is 15.5. The van der Waals surface area contributed by atoms with Crippen LogP contribution in [0.4, 0.5) is 14.9 Å². The molecule has 120 valence electrons. The van der Waals surface area contributed by atoms with Crippen molar-refractivity contribution in [1.29, 1.82) is 0 Å². The molecule has 2 heterocycles. The van der Waals surface area contributed by atoms with Gasteiger partial charge >= 0.3 is 6.09 Å². The number of imidazole rings is 1. The van der Waals surface area contributed by atoms with E-state index in [2.05, 4.69) is 4.98 Å². The van der Waals surface area contributed by atoms with Crippen LogP contribution >= 0.6 is 11.8 Å². The Labute approximate surface area is 136 Å². The van der Waals surface area contributed by atoms with Crippen LogP contribution in [0.25, 0.3) is 5.69 Å². The van der Waals surface area contributed by atoms with Crippen LogP contribution in [0.2, 0.25) is 0 Å². The van der Waals surface area contributed by atoms with Crippen LogP contribution in [0, 0.1) is 5.82 Å². The minimum atomic E-state index is -0.533. The third-order valence-corrected chi connectivity index (χ3v) is 4.32. The number of aromatic nitrogens is 2. The van der Waals surface area contributed by atoms with Gasteiger partial charge in [-0.3, -0.25) is 9.69 Å². The van der Waals surface area contributed by atoms with Crippen LogP contribution in [-0.2, 0) is 9.53 Å². The summed E-state index contributed by atoms with van der Waals surface area (Å²) in [5.41, 5.74) is 0.772. The van der Waals surface area contributed by atoms with E-state index in [0.29, 0.717) is 23.7 Å². The van der Waals surface area contributed by atoms with Crippen molar-refractivity contribution in [2.24, 2.45) is 0 Å². The molecule has 1 saturated heterocycles. The number of thioether (sulfide) groups is 1. The van der Waals surface area contributed by atoms with E-state index in [1.807, 2.05) is 0 Å². The monoisotopic (exact) mass is 335 g/mol. The Balaban J connectivity index is 1.76. The molecule has 1 atom stereocenters. The van der Waals surface area contributed by atoms with E-state index in [1.165, 1.54) is 24.2 Å². The average Bonchev–Trinajstić information content (AvgIpc) is 3.14. The lowest BCUT2D eigenvalue weighted by molar-refractivity contribution is -0.109. The lowest BCUT2D eigenvalue weighted by atomic mass is 10.2. The zero-order chi connectivity index (χ0) is 16.4. The Kier molecular flexibility index (Phi) is 4.33. The van der Waals surface area contributed by atoms with E-state index < -0.39 is 11.9 Å². The molecule has 1 aromatic carbocycles. The Bertz CT molecular complexity index is 736. The maximum absolute atomic E-state index is 14.3. The molecule has 1 amide bonds. The summed E-state index contributed by atoms with van der Waals surface area (Å²) in [6.45, 7) is 1.76. The third kappa shape index (κ3) is 3.37. The summed E-state index contributed by atoms with van der Waals surface area (Å²) in [4.78, 5) is 28.2. The summed E-state index contributed by atoms with van der Waals surface area (Å²) >= 11 is 1.10. The fourth-order valence-electron chi connectivity index (χ4n) is 2.30. The van der Waals surface area contributed by atoms with Crippen LogP contribution in [0.15, 0.2) is 36.9 Å². The van der Waals surface area contributed by atoms with Crippen molar-refractivity contribution in [2.75, 3.05) is 17.2 Å². The summed E-state index contributed by atoms with van der Waals surface area (Å²) in [6.07, 6.45) is 3.78. The highest BCUT2D eigenvalue weighted by atomic mass is 32.2. The van der Waals surface area contributed by atoms with Crippen LogP contribution in [0.1, 0.15) is 6.92 Å². The number of benzene rings is 1. The van der Waals surface area contributed by atoms with Crippen LogP contribution in [0.3, 0.4) is 0 Å². The molecule has 8 heteroatoms. The van der Waals surface area contributed by atoms with E-state index in [9.17, 15) is 14.0 Å². The van der Waals surface area contributed by atoms with Gasteiger partial charge in [0, 0.05) is 25.1 Å². The number of carbonyl (C=O) groups excluding carboxylic acids is 2. The largest absolute Gasteiger partial charge is 0.443 e. The molecule has 0 saturated carbocycles. The first-order valence-corrected chi connectivity index (χ1v) is 7.92. The van der Waals surface area contributed by atoms with Gasteiger partial charge in [0.1, 0.15) is 11.9 Å². The smallest absolute Gasteiger partial charge is 0.414 e. The molecule has 1 aromatic heterocycles. The number of nitrogens with zero attached hydrogens (tertiary/aromatic N) is 3. The third-order valence-electron chi connectivity index (χ3n) is 3.37. The van der Waals surface area contributed by atoms with Gasteiger partial charge in [-0.25, -0.2) is 14.2 Å². The second-order valence-electron chi connectivity index (χ2n) is 5.02. The van der Waals surface area contributed by atoms with E-state index in [1.54, 1.807) is 29.1 Å². The average molecular weight is 335 g/mol. The predicted molar refractivity (Wildman–Crippen MR) is 84.3 cm³/mol. The van der Waals surface area contributed by atoms with E-state index in [4.69, 9.17) is 4.74 Å². The van der Waals surface area contributed by atoms with Crippen LogP contribution in [0.5, 0.6) is 0 Å². The van der Waals surface area contributed by atoms with Crippen molar-refractivity contribution in [3.05, 3.63) is 42.7 Å². The Morgan fingerprint density at radius 1 is 1.52 bits per heavy atom. The number of halogens is 1. The van der Waals surface area contributed by atoms with Crippen molar-refractivity contribution in [3.63, 3.8) is 0 Å². The fourth-order valence-corrected chi connectivity index (χ4v) is 2.90. The molecule has 0 bridgehead atoms. The highest BCUT2D eigenvalue weighted by Gasteiger charge is 2.32. The van der Waals surface area contributed by atoms with Gasteiger partial charge in [0.05, 0.1) is 24.2 Å². The molecule has 0 N–H and O–H groups in total. The molecule has 0 radical (unpaired) electrons. The normalized spacial score (nSPS) is 17.4. The molecule has 0 aliphatic carbocycles. The fraction of sp³-hybridized carbons (Fsp3) is 0.267. The lowest BCUT2D eigenvalue weighted by Crippen LogP contribution is -2.25. The first-order chi connectivity index (χ1) is 11.0. The van der Waals surface area contributed by atoms with Crippen molar-refractivity contribution in [2.45, 2.75) is 13.0 Å². The number of amides is 1. The zero-order valence-corrected chi connectivity index (χ0v) is 13.1. The van der Waals surface area contributed by atoms with E-state index >= 15 is 0 Å². The molecule has 2 aromatic rings. The number of hydrogen-bond donors (Lipinski definition) is 0. The standard InChI is InChI=1S/C15H14FN3O3S/c1-10(20)23-8-12-7-19(15(21)22-12)11-2-3-14(13(16)6-11)18-5-4-17-9-18/h2-6,9,12H,7-8H2,1H3/t12-/m1/s1. The van der Waals surface area contributed by atoms with Crippen molar-refractivity contribution < 1.29 is 18.7 Å². The van der Waals surface area contributed by atoms with Crippen LogP contribution < -0.4 is 4.90 Å². The van der Waals surface area contributed by atoms with Gasteiger partial charge < -0.3 is 9.30 Å². The van der Waals surface area contributed by atoms with Crippen LogP contribution in [-0.4, -0.2) is 39.2 Å². The Morgan fingerprint density at radius 2 is 2.35 bits per heavy atom. The van der Waals surface area contributed by atoms with Gasteiger partial charge in [-0.15, -0.1) is 0 Å². The molecular weight excluding hydrogens is 321 g/mol. The maximum Gasteiger partial charge on any atom is 0.414 e. The van der Waals surface area contributed by atoms with E-state index in [-0.39, 0.29) is 11.2 Å². The second-order valence-corrected chi connectivity index (χ2v) is 6.22. The minimum Gasteiger partial charge on any atom is -0.443 e. The van der Waals surface area contributed by atoms with Gasteiger partial charge in [-0.1, -0.05) is 11.8 Å². The first-order valence-electron chi connectivity index (χ1n) is 6.94. The van der Waals surface area contributed by atoms with Gasteiger partial charge in [-0.2, -0.15) is 0 Å². The highest BCUT2D eigenvalue weighted by Crippen LogP contribution is 2.26. The molecule has 1 aliphatic rings. The Hall–Kier alpha value is -2.35. The molecule has 0 unspecified atom stereocenters. The number of cyclic esters (lactones) is 1. The molecule has 1 aliphatic heterocycles. The Morgan fingerprint density at radius 3 is 3.00 bits per heavy atom. The summed E-state index contributed by atoms with van der Waals surface area (Å²) in [6, 6.07) is 4.52. The minimum absolute atomic E-state index is 0.0322. The number of ether oxygens (including phenoxy) is 1. The number of carbonyl (C=O) groups is 2.